The summed E-state index contributed by atoms with van der Waals surface area (Å²) in [6.45, 7) is 3.87. The minimum atomic E-state index is -4.17. The molecule has 0 saturated carbocycles. The zero-order chi connectivity index (χ0) is 37.4. The summed E-state index contributed by atoms with van der Waals surface area (Å²) in [4.78, 5) is 13.6. The van der Waals surface area contributed by atoms with Gasteiger partial charge in [0.25, 0.3) is 0 Å². The van der Waals surface area contributed by atoms with Crippen LogP contribution in [0.5, 0.6) is 11.5 Å². The van der Waals surface area contributed by atoms with Gasteiger partial charge in [-0.1, -0.05) is 62.8 Å². The zero-order valence-electron chi connectivity index (χ0n) is 29.8. The Morgan fingerprint density at radius 1 is 0.922 bits per heavy atom. The molecule has 14 heteroatoms. The maximum atomic E-state index is 13.6. The molecule has 3 rings (SSSR count). The maximum Gasteiger partial charge on any atom is 0.243 e. The lowest BCUT2D eigenvalue weighted by atomic mass is 10.0. The molecule has 0 radical (unpaired) electrons. The van der Waals surface area contributed by atoms with Gasteiger partial charge < -0.3 is 25.6 Å². The number of benzene rings is 2. The van der Waals surface area contributed by atoms with Gasteiger partial charge in [-0.05, 0) is 80.0 Å². The first-order valence-corrected chi connectivity index (χ1v) is 19.9. The van der Waals surface area contributed by atoms with Crippen molar-refractivity contribution in [1.29, 1.82) is 0 Å². The van der Waals surface area contributed by atoms with Crippen molar-refractivity contribution < 1.29 is 36.2 Å². The first-order valence-electron chi connectivity index (χ1n) is 17.0. The van der Waals surface area contributed by atoms with E-state index in [1.807, 2.05) is 56.4 Å². The minimum absolute atomic E-state index is 0.00529. The van der Waals surface area contributed by atoms with E-state index in [4.69, 9.17) is 15.2 Å². The fourth-order valence-corrected chi connectivity index (χ4v) is 8.48. The van der Waals surface area contributed by atoms with Gasteiger partial charge in [-0.3, -0.25) is 4.79 Å². The Morgan fingerprint density at radius 3 is 2.24 bits per heavy atom. The number of sulfonamides is 2. The van der Waals surface area contributed by atoms with Crippen molar-refractivity contribution in [3.8, 4) is 11.5 Å². The number of aliphatic hydroxyl groups excluding tert-OH is 1. The molecule has 1 aliphatic carbocycles. The number of amides is 1. The third kappa shape index (κ3) is 12.6. The summed E-state index contributed by atoms with van der Waals surface area (Å²) in [6, 6.07) is 8.35. The zero-order valence-corrected chi connectivity index (χ0v) is 31.5. The molecule has 5 N–H and O–H groups in total. The van der Waals surface area contributed by atoms with Crippen LogP contribution in [0.15, 0.2) is 100 Å². The van der Waals surface area contributed by atoms with Crippen LogP contribution in [0, 0.1) is 5.92 Å². The van der Waals surface area contributed by atoms with Gasteiger partial charge in [0.1, 0.15) is 6.04 Å². The van der Waals surface area contributed by atoms with Gasteiger partial charge in [-0.15, -0.1) is 0 Å². The van der Waals surface area contributed by atoms with E-state index in [-0.39, 0.29) is 47.6 Å². The number of carbonyl (C=O) groups is 1. The third-order valence-electron chi connectivity index (χ3n) is 8.14. The van der Waals surface area contributed by atoms with Crippen molar-refractivity contribution >= 4 is 31.6 Å². The molecule has 0 aliphatic heterocycles. The summed E-state index contributed by atoms with van der Waals surface area (Å²) in [5.74, 6) is 0.0922. The van der Waals surface area contributed by atoms with Crippen molar-refractivity contribution in [2.45, 2.75) is 74.2 Å². The second kappa shape index (κ2) is 20.2. The van der Waals surface area contributed by atoms with Crippen molar-refractivity contribution in [3.05, 3.63) is 90.6 Å². The van der Waals surface area contributed by atoms with E-state index in [2.05, 4.69) is 10.0 Å². The molecule has 1 amide bonds. The highest BCUT2D eigenvalue weighted by atomic mass is 32.2. The summed E-state index contributed by atoms with van der Waals surface area (Å²) in [5, 5.41) is 13.1. The van der Waals surface area contributed by atoms with Crippen LogP contribution in [0.3, 0.4) is 0 Å². The normalized spacial score (nSPS) is 17.9. The predicted octanol–water partition coefficient (Wildman–Crippen LogP) is 4.71. The van der Waals surface area contributed by atoms with E-state index >= 15 is 0 Å². The van der Waals surface area contributed by atoms with Crippen LogP contribution >= 0.6 is 0 Å². The van der Waals surface area contributed by atoms with Gasteiger partial charge in [0.05, 0.1) is 30.6 Å². The Balaban J connectivity index is 1.74. The lowest BCUT2D eigenvalue weighted by Gasteiger charge is -2.31. The van der Waals surface area contributed by atoms with Gasteiger partial charge in [-0.25, -0.2) is 16.8 Å². The Hall–Kier alpha value is -3.95. The third-order valence-corrected chi connectivity index (χ3v) is 11.5. The monoisotopic (exact) mass is 744 g/mol. The first-order chi connectivity index (χ1) is 24.3. The number of nitrogens with one attached hydrogen (secondary N) is 2. The van der Waals surface area contributed by atoms with Crippen LogP contribution in [0.4, 0.5) is 5.69 Å². The molecule has 280 valence electrons. The number of methoxy groups -OCH3 is 2. The Bertz CT molecular complexity index is 1770. The summed E-state index contributed by atoms with van der Waals surface area (Å²) in [7, 11) is -5.23. The second-order valence-electron chi connectivity index (χ2n) is 12.6. The van der Waals surface area contributed by atoms with Crippen LogP contribution in [0.25, 0.3) is 0 Å². The molecular formula is C37H52N4O8S2. The van der Waals surface area contributed by atoms with E-state index in [1.165, 1.54) is 61.0 Å². The highest BCUT2D eigenvalue weighted by molar-refractivity contribution is 7.89. The number of hydrogen-bond donors (Lipinski definition) is 4. The summed E-state index contributed by atoms with van der Waals surface area (Å²) in [6.07, 6.45) is 16.4. The highest BCUT2D eigenvalue weighted by Crippen LogP contribution is 2.30. The number of hydrogen-bond acceptors (Lipinski definition) is 9. The Labute approximate surface area is 303 Å². The largest absolute Gasteiger partial charge is 0.493 e. The first kappa shape index (κ1) is 41.5. The lowest BCUT2D eigenvalue weighted by molar-refractivity contribution is -0.122. The van der Waals surface area contributed by atoms with Gasteiger partial charge in [0.2, 0.25) is 26.0 Å². The van der Waals surface area contributed by atoms with Crippen molar-refractivity contribution in [2.24, 2.45) is 5.92 Å². The lowest BCUT2D eigenvalue weighted by Crippen LogP contribution is -2.47. The van der Waals surface area contributed by atoms with Crippen molar-refractivity contribution in [2.75, 3.05) is 39.6 Å². The summed E-state index contributed by atoms with van der Waals surface area (Å²) >= 11 is 0. The molecule has 0 heterocycles. The topological polar surface area (TPSA) is 177 Å². The number of ether oxygens (including phenoxy) is 2. The van der Waals surface area contributed by atoms with E-state index in [1.54, 1.807) is 0 Å². The number of carbonyl (C=O) groups excluding carboxylic acids is 1. The van der Waals surface area contributed by atoms with Crippen LogP contribution in [0.2, 0.25) is 0 Å². The quantitative estimate of drug-likeness (QED) is 0.117. The molecule has 0 spiro atoms. The number of nitrogen functional groups attached to an aromatic ring is 1. The molecule has 51 heavy (non-hydrogen) atoms. The number of rotatable bonds is 19. The molecule has 0 bridgehead atoms. The number of nitrogens with two attached hydrogens (primary N) is 1. The number of nitrogens with zero attached hydrogens (tertiary/aromatic N) is 1. The van der Waals surface area contributed by atoms with Crippen molar-refractivity contribution in [1.82, 2.24) is 14.3 Å². The van der Waals surface area contributed by atoms with Crippen LogP contribution in [-0.2, 0) is 24.8 Å². The molecular weight excluding hydrogens is 693 g/mol. The highest BCUT2D eigenvalue weighted by Gasteiger charge is 2.32. The Morgan fingerprint density at radius 2 is 1.59 bits per heavy atom. The van der Waals surface area contributed by atoms with Gasteiger partial charge >= 0.3 is 0 Å². The van der Waals surface area contributed by atoms with Crippen LogP contribution < -0.4 is 25.2 Å². The molecule has 2 atom stereocenters. The van der Waals surface area contributed by atoms with Crippen LogP contribution in [0.1, 0.15) is 52.4 Å². The average Bonchev–Trinajstić information content (AvgIpc) is 3.10. The van der Waals surface area contributed by atoms with E-state index in [0.717, 1.165) is 5.57 Å². The molecule has 0 saturated heterocycles. The second-order valence-corrected chi connectivity index (χ2v) is 16.2. The average molecular weight is 745 g/mol. The Kier molecular flexibility index (Phi) is 16.4. The predicted molar refractivity (Wildman–Crippen MR) is 200 cm³/mol. The molecule has 12 nitrogen and oxygen atoms in total. The molecule has 0 fully saturated rings. The number of unbranched alkanes of at least 4 members (excludes halogenated alkanes) is 1. The van der Waals surface area contributed by atoms with E-state index < -0.39 is 38.0 Å². The minimum Gasteiger partial charge on any atom is -0.493 e. The molecule has 2 aromatic carbocycles. The van der Waals surface area contributed by atoms with Gasteiger partial charge in [0, 0.05) is 30.9 Å². The summed E-state index contributed by atoms with van der Waals surface area (Å²) < 4.78 is 68.8. The molecule has 1 aliphatic rings. The fourth-order valence-electron chi connectivity index (χ4n) is 5.46. The van der Waals surface area contributed by atoms with Gasteiger partial charge in [-0.2, -0.15) is 9.03 Å². The van der Waals surface area contributed by atoms with Crippen LogP contribution in [-0.4, -0.2) is 78.2 Å². The standard InChI is InChI=1S/C37H52N4O8S2/c1-28(2)26-41(51(46,47)32-19-17-30(38)18-20-32)31(27-42)16-12-13-23-39-37(43)34(24-29-14-10-8-6-5-7-9-11-15-29)40-50(44,45)33-21-22-35(48-3)36(25-33)49-4/h5-8,11,14-15,17-22,25,28,31,34,40,42H,9-10,12-13,16,23-24,26-27,38H2,1-4H3,(H,39,43)/b7-5-,8-6-,15-11-,29-14+/t31-,34-/m0/s1. The van der Waals surface area contributed by atoms with E-state index in [9.17, 15) is 26.7 Å². The number of anilines is 1. The van der Waals surface area contributed by atoms with E-state index in [0.29, 0.717) is 43.5 Å². The number of aliphatic hydroxyl groups is 1. The molecule has 0 aromatic heterocycles. The SMILES string of the molecule is COc1ccc(S(=O)(=O)N[C@@H](CC2=C/C/C=C\C=C/C/C=C\2)C(=O)NCCCC[C@@H](CO)N(CC(C)C)S(=O)(=O)c2ccc(N)cc2)cc1OC. The summed E-state index contributed by atoms with van der Waals surface area (Å²) in [5.41, 5.74) is 7.00. The maximum absolute atomic E-state index is 13.6. The van der Waals surface area contributed by atoms with Gasteiger partial charge in [0.15, 0.2) is 11.5 Å². The molecule has 2 aromatic rings. The smallest absolute Gasteiger partial charge is 0.243 e. The molecule has 0 unspecified atom stereocenters. The van der Waals surface area contributed by atoms with Crippen molar-refractivity contribution in [3.63, 3.8) is 0 Å². The number of allylic oxidation sites excluding steroid dienone is 7. The fraction of sp³-hybridized carbons (Fsp3) is 0.432.